The number of aromatic hydroxyl groups is 1. The van der Waals surface area contributed by atoms with E-state index in [4.69, 9.17) is 4.74 Å². The summed E-state index contributed by atoms with van der Waals surface area (Å²) in [6.07, 6.45) is 1.09. The van der Waals surface area contributed by atoms with Crippen molar-refractivity contribution in [2.24, 2.45) is 4.99 Å². The summed E-state index contributed by atoms with van der Waals surface area (Å²) in [4.78, 5) is 13.8. The summed E-state index contributed by atoms with van der Waals surface area (Å²) in [5.41, 5.74) is -0.411. The first-order valence-corrected chi connectivity index (χ1v) is 8.33. The molecule has 126 valence electrons. The first-order valence-electron chi connectivity index (χ1n) is 6.68. The van der Waals surface area contributed by atoms with E-state index in [1.165, 1.54) is 43.5 Å². The molecule has 0 aliphatic rings. The van der Waals surface area contributed by atoms with Crippen molar-refractivity contribution in [1.82, 2.24) is 0 Å². The Bertz CT molecular complexity index is 875. The molecule has 0 saturated heterocycles. The molecule has 0 unspecified atom stereocenters. The summed E-state index contributed by atoms with van der Waals surface area (Å²) < 4.78 is 29.3. The number of hydrogen-bond acceptors (Lipinski definition) is 7. The summed E-state index contributed by atoms with van der Waals surface area (Å²) in [5, 5.41) is 20.5. The largest absolute Gasteiger partial charge is 0.502 e. The molecule has 0 radical (unpaired) electrons. The van der Waals surface area contributed by atoms with Gasteiger partial charge >= 0.3 is 5.69 Å². The maximum absolute atomic E-state index is 12.2. The zero-order chi connectivity index (χ0) is 17.7. The number of nitro benzene ring substituents is 1. The fourth-order valence-corrected chi connectivity index (χ4v) is 2.86. The van der Waals surface area contributed by atoms with Gasteiger partial charge in [-0.25, -0.2) is 8.42 Å². The molecule has 9 heteroatoms. The molecule has 2 aromatic carbocycles. The number of aliphatic imine (C=N–C) groups is 1. The van der Waals surface area contributed by atoms with Crippen molar-refractivity contribution in [3.05, 3.63) is 58.1 Å². The van der Waals surface area contributed by atoms with Gasteiger partial charge < -0.3 is 9.84 Å². The Labute approximate surface area is 138 Å². The van der Waals surface area contributed by atoms with Gasteiger partial charge in [-0.3, -0.25) is 15.1 Å². The van der Waals surface area contributed by atoms with Crippen LogP contribution in [-0.2, 0) is 9.84 Å². The van der Waals surface area contributed by atoms with E-state index in [0.717, 1.165) is 12.3 Å². The molecule has 0 fully saturated rings. The van der Waals surface area contributed by atoms with Gasteiger partial charge in [0.05, 0.1) is 16.9 Å². The average Bonchev–Trinajstić information content (AvgIpc) is 2.56. The van der Waals surface area contributed by atoms with E-state index in [1.54, 1.807) is 0 Å². The van der Waals surface area contributed by atoms with E-state index in [1.807, 2.05) is 0 Å². The highest BCUT2D eigenvalue weighted by atomic mass is 32.2. The molecule has 2 aromatic rings. The van der Waals surface area contributed by atoms with E-state index >= 15 is 0 Å². The highest BCUT2D eigenvalue weighted by Crippen LogP contribution is 2.28. The van der Waals surface area contributed by atoms with Gasteiger partial charge in [0, 0.05) is 17.8 Å². The fraction of sp³-hybridized carbons (Fsp3) is 0.133. The van der Waals surface area contributed by atoms with Gasteiger partial charge in [-0.1, -0.05) is 6.07 Å². The molecule has 0 aliphatic heterocycles. The van der Waals surface area contributed by atoms with Crippen LogP contribution in [-0.4, -0.2) is 37.6 Å². The molecule has 8 nitrogen and oxygen atoms in total. The lowest BCUT2D eigenvalue weighted by molar-refractivity contribution is -0.385. The maximum atomic E-state index is 12.2. The summed E-state index contributed by atoms with van der Waals surface area (Å²) in [6, 6.07) is 9.73. The molecular weight excluding hydrogens is 336 g/mol. The number of phenols is 1. The van der Waals surface area contributed by atoms with E-state index in [2.05, 4.69) is 4.99 Å². The second kappa shape index (κ2) is 7.09. The second-order valence-electron chi connectivity index (χ2n) is 4.70. The molecule has 0 saturated carbocycles. The Kier molecular flexibility index (Phi) is 5.14. The zero-order valence-electron chi connectivity index (χ0n) is 12.6. The van der Waals surface area contributed by atoms with Crippen molar-refractivity contribution in [2.45, 2.75) is 4.90 Å². The molecule has 0 aliphatic carbocycles. The molecule has 0 heterocycles. The Morgan fingerprint density at radius 2 is 1.92 bits per heavy atom. The van der Waals surface area contributed by atoms with Crippen LogP contribution in [0.15, 0.2) is 52.4 Å². The van der Waals surface area contributed by atoms with E-state index in [0.29, 0.717) is 5.75 Å². The minimum atomic E-state index is -3.66. The first kappa shape index (κ1) is 17.4. The van der Waals surface area contributed by atoms with Crippen molar-refractivity contribution in [2.75, 3.05) is 13.0 Å². The second-order valence-corrected chi connectivity index (χ2v) is 6.66. The van der Waals surface area contributed by atoms with Gasteiger partial charge in [0.2, 0.25) is 5.75 Å². The number of sulfone groups is 1. The first-order chi connectivity index (χ1) is 11.3. The lowest BCUT2D eigenvalue weighted by Gasteiger charge is -2.03. The molecular formula is C15H14N2O6S. The SMILES string of the molecule is COc1ccc(S(=O)(=O)CN=Cc2cccc([N+](=O)[O-])c2O)cc1. The normalized spacial score (nSPS) is 11.5. The van der Waals surface area contributed by atoms with Gasteiger partial charge in [0.25, 0.3) is 0 Å². The Hall–Kier alpha value is -2.94. The minimum Gasteiger partial charge on any atom is -0.502 e. The Morgan fingerprint density at radius 1 is 1.25 bits per heavy atom. The highest BCUT2D eigenvalue weighted by Gasteiger charge is 2.16. The number of ether oxygens (including phenoxy) is 1. The van der Waals surface area contributed by atoms with Crippen LogP contribution >= 0.6 is 0 Å². The van der Waals surface area contributed by atoms with Gasteiger partial charge in [-0.05, 0) is 30.3 Å². The van der Waals surface area contributed by atoms with Crippen molar-refractivity contribution in [3.8, 4) is 11.5 Å². The summed E-state index contributed by atoms with van der Waals surface area (Å²) in [6.45, 7) is 0. The number of nitrogens with zero attached hydrogens (tertiary/aromatic N) is 2. The van der Waals surface area contributed by atoms with Crippen LogP contribution in [0.4, 0.5) is 5.69 Å². The maximum Gasteiger partial charge on any atom is 0.311 e. The van der Waals surface area contributed by atoms with Crippen molar-refractivity contribution >= 4 is 21.7 Å². The van der Waals surface area contributed by atoms with Crippen LogP contribution in [0.3, 0.4) is 0 Å². The van der Waals surface area contributed by atoms with Crippen LogP contribution in [0.2, 0.25) is 0 Å². The van der Waals surface area contributed by atoms with Crippen LogP contribution in [0.1, 0.15) is 5.56 Å². The van der Waals surface area contributed by atoms with Crippen LogP contribution in [0.5, 0.6) is 11.5 Å². The fourth-order valence-electron chi connectivity index (χ4n) is 1.89. The standard InChI is InChI=1S/C15H14N2O6S/c1-23-12-5-7-13(8-6-12)24(21,22)10-16-9-11-3-2-4-14(15(11)18)17(19)20/h2-9,18H,10H2,1H3. The molecule has 0 amide bonds. The number of hydrogen-bond donors (Lipinski definition) is 1. The molecule has 0 bridgehead atoms. The molecule has 0 spiro atoms. The van der Waals surface area contributed by atoms with Crippen molar-refractivity contribution in [1.29, 1.82) is 0 Å². The quantitative estimate of drug-likeness (QED) is 0.484. The summed E-state index contributed by atoms with van der Waals surface area (Å²) in [5.74, 6) is -0.589. The van der Waals surface area contributed by atoms with E-state index < -0.39 is 32.1 Å². The predicted octanol–water partition coefficient (Wildman–Crippen LogP) is 2.16. The van der Waals surface area contributed by atoms with Gasteiger partial charge in [0.1, 0.15) is 11.6 Å². The number of rotatable bonds is 6. The minimum absolute atomic E-state index is 0.0640. The Morgan fingerprint density at radius 3 is 2.50 bits per heavy atom. The zero-order valence-corrected chi connectivity index (χ0v) is 13.4. The van der Waals surface area contributed by atoms with E-state index in [9.17, 15) is 23.6 Å². The third-order valence-corrected chi connectivity index (χ3v) is 4.62. The molecule has 24 heavy (non-hydrogen) atoms. The number of phenolic OH excluding ortho intramolecular Hbond substituents is 1. The van der Waals surface area contributed by atoms with Gasteiger partial charge in [-0.2, -0.15) is 0 Å². The van der Waals surface area contributed by atoms with Crippen LogP contribution < -0.4 is 4.74 Å². The van der Waals surface area contributed by atoms with Crippen molar-refractivity contribution in [3.63, 3.8) is 0 Å². The third kappa shape index (κ3) is 3.87. The van der Waals surface area contributed by atoms with Gasteiger partial charge in [0.15, 0.2) is 9.84 Å². The number of para-hydroxylation sites is 1. The van der Waals surface area contributed by atoms with Crippen molar-refractivity contribution < 1.29 is 23.2 Å². The predicted molar refractivity (Wildman–Crippen MR) is 87.4 cm³/mol. The van der Waals surface area contributed by atoms with Crippen LogP contribution in [0.25, 0.3) is 0 Å². The summed E-state index contributed by atoms with van der Waals surface area (Å²) >= 11 is 0. The number of nitro groups is 1. The topological polar surface area (TPSA) is 119 Å². The van der Waals surface area contributed by atoms with E-state index in [-0.39, 0.29) is 10.5 Å². The van der Waals surface area contributed by atoms with Gasteiger partial charge in [-0.15, -0.1) is 0 Å². The molecule has 2 rings (SSSR count). The number of methoxy groups -OCH3 is 1. The molecule has 0 aromatic heterocycles. The summed E-state index contributed by atoms with van der Waals surface area (Å²) in [7, 11) is -2.19. The smallest absolute Gasteiger partial charge is 0.311 e. The lowest BCUT2D eigenvalue weighted by atomic mass is 10.2. The lowest BCUT2D eigenvalue weighted by Crippen LogP contribution is -2.05. The Balaban J connectivity index is 2.18. The number of benzene rings is 2. The average molecular weight is 350 g/mol. The highest BCUT2D eigenvalue weighted by molar-refractivity contribution is 7.91. The molecule has 1 N–H and O–H groups in total. The monoisotopic (exact) mass is 350 g/mol. The third-order valence-electron chi connectivity index (χ3n) is 3.14. The van der Waals surface area contributed by atoms with Crippen LogP contribution in [0, 0.1) is 10.1 Å². The molecule has 0 atom stereocenters.